The van der Waals surface area contributed by atoms with Crippen molar-refractivity contribution in [1.29, 1.82) is 0 Å². The molecule has 2 fully saturated rings. The average molecular weight is 387 g/mol. The number of benzene rings is 1. The Bertz CT molecular complexity index is 677. The molecule has 0 aliphatic carbocycles. The van der Waals surface area contributed by atoms with Gasteiger partial charge in [-0.15, -0.1) is 0 Å². The number of aryl methyl sites for hydroxylation is 2. The van der Waals surface area contributed by atoms with E-state index in [9.17, 15) is 9.59 Å². The van der Waals surface area contributed by atoms with Crippen LogP contribution in [0.3, 0.4) is 0 Å². The van der Waals surface area contributed by atoms with Crippen molar-refractivity contribution in [3.63, 3.8) is 0 Å². The van der Waals surface area contributed by atoms with Crippen molar-refractivity contribution in [2.45, 2.75) is 51.5 Å². The number of nitrogens with two attached hydrogens (primary N) is 1. The molecule has 28 heavy (non-hydrogen) atoms. The number of piperazine rings is 1. The Kier molecular flexibility index (Phi) is 7.45. The summed E-state index contributed by atoms with van der Waals surface area (Å²) < 4.78 is 0. The van der Waals surface area contributed by atoms with Crippen molar-refractivity contribution >= 4 is 11.8 Å². The molecule has 2 aliphatic rings. The van der Waals surface area contributed by atoms with Crippen LogP contribution in [0.4, 0.5) is 0 Å². The second-order valence-corrected chi connectivity index (χ2v) is 8.00. The molecule has 0 spiro atoms. The van der Waals surface area contributed by atoms with E-state index in [-0.39, 0.29) is 18.2 Å². The molecule has 0 atom stereocenters. The molecule has 1 aromatic carbocycles. The monoisotopic (exact) mass is 386 g/mol. The molecule has 2 amide bonds. The average Bonchev–Trinajstić information content (AvgIpc) is 2.73. The number of amides is 2. The lowest BCUT2D eigenvalue weighted by Crippen LogP contribution is -2.54. The Morgan fingerprint density at radius 2 is 1.82 bits per heavy atom. The van der Waals surface area contributed by atoms with Crippen LogP contribution in [0.1, 0.15) is 42.9 Å². The summed E-state index contributed by atoms with van der Waals surface area (Å²) in [6.07, 6.45) is 4.88. The minimum atomic E-state index is -0.304. The first-order valence-electron chi connectivity index (χ1n) is 10.7. The highest BCUT2D eigenvalue weighted by atomic mass is 16.2. The van der Waals surface area contributed by atoms with E-state index in [1.54, 1.807) is 0 Å². The minimum Gasteiger partial charge on any atom is -0.369 e. The molecule has 1 aromatic rings. The molecule has 3 rings (SSSR count). The Labute approximate surface area is 168 Å². The lowest BCUT2D eigenvalue weighted by atomic mass is 9.97. The number of hydrogen-bond acceptors (Lipinski definition) is 4. The van der Waals surface area contributed by atoms with Gasteiger partial charge in [0.2, 0.25) is 11.8 Å². The van der Waals surface area contributed by atoms with E-state index in [1.807, 2.05) is 17.0 Å². The molecule has 154 valence electrons. The first kappa shape index (κ1) is 20.8. The number of carbonyl (C=O) groups excluding carboxylic acids is 2. The van der Waals surface area contributed by atoms with Gasteiger partial charge in [-0.3, -0.25) is 14.5 Å². The van der Waals surface area contributed by atoms with Gasteiger partial charge in [0, 0.05) is 38.6 Å². The van der Waals surface area contributed by atoms with E-state index in [2.05, 4.69) is 23.2 Å². The number of piperidine rings is 1. The fourth-order valence-electron chi connectivity index (χ4n) is 4.44. The normalized spacial score (nSPS) is 19.0. The summed E-state index contributed by atoms with van der Waals surface area (Å²) in [7, 11) is 0. The van der Waals surface area contributed by atoms with Gasteiger partial charge in [0.25, 0.3) is 0 Å². The largest absolute Gasteiger partial charge is 0.369 e. The highest BCUT2D eigenvalue weighted by molar-refractivity contribution is 5.77. The van der Waals surface area contributed by atoms with Gasteiger partial charge in [-0.25, -0.2) is 0 Å². The number of hydrogen-bond donors (Lipinski definition) is 2. The van der Waals surface area contributed by atoms with E-state index < -0.39 is 0 Å². The van der Waals surface area contributed by atoms with E-state index in [0.717, 1.165) is 68.8 Å². The fraction of sp³-hybridized carbons (Fsp3) is 0.636. The summed E-state index contributed by atoms with van der Waals surface area (Å²) in [6.45, 7) is 8.00. The van der Waals surface area contributed by atoms with Crippen LogP contribution in [0.25, 0.3) is 0 Å². The van der Waals surface area contributed by atoms with Gasteiger partial charge >= 0.3 is 0 Å². The van der Waals surface area contributed by atoms with Crippen molar-refractivity contribution in [3.8, 4) is 0 Å². The van der Waals surface area contributed by atoms with Gasteiger partial charge in [-0.1, -0.05) is 25.1 Å². The van der Waals surface area contributed by atoms with Crippen molar-refractivity contribution < 1.29 is 9.59 Å². The maximum absolute atomic E-state index is 12.7. The van der Waals surface area contributed by atoms with E-state index in [1.165, 1.54) is 12.8 Å². The van der Waals surface area contributed by atoms with Crippen molar-refractivity contribution in [2.75, 3.05) is 39.3 Å². The zero-order chi connectivity index (χ0) is 19.9. The Balaban J connectivity index is 1.47. The standard InChI is InChI=1S/C22H34N4O2/c1-2-18-15-17(3-5-19(18)16-21(23)27)4-6-22(28)26-13-11-25(12-14-26)20-7-9-24-10-8-20/h3,5,15,20,24H,2,4,6-14,16H2,1H3,(H2,23,27). The van der Waals surface area contributed by atoms with Crippen LogP contribution < -0.4 is 11.1 Å². The van der Waals surface area contributed by atoms with Crippen LogP contribution in [-0.2, 0) is 28.9 Å². The third-order valence-electron chi connectivity index (χ3n) is 6.14. The molecule has 6 nitrogen and oxygen atoms in total. The third-order valence-corrected chi connectivity index (χ3v) is 6.14. The molecular weight excluding hydrogens is 352 g/mol. The molecule has 0 radical (unpaired) electrons. The molecule has 0 unspecified atom stereocenters. The van der Waals surface area contributed by atoms with Crippen LogP contribution in [0.15, 0.2) is 18.2 Å². The van der Waals surface area contributed by atoms with Crippen LogP contribution in [0, 0.1) is 0 Å². The van der Waals surface area contributed by atoms with Gasteiger partial charge in [0.05, 0.1) is 6.42 Å². The summed E-state index contributed by atoms with van der Waals surface area (Å²) in [4.78, 5) is 28.5. The topological polar surface area (TPSA) is 78.7 Å². The number of nitrogens with one attached hydrogen (secondary N) is 1. The summed E-state index contributed by atoms with van der Waals surface area (Å²) >= 11 is 0. The summed E-state index contributed by atoms with van der Waals surface area (Å²) in [6, 6.07) is 6.83. The maximum Gasteiger partial charge on any atom is 0.222 e. The van der Waals surface area contributed by atoms with Gasteiger partial charge in [0.1, 0.15) is 0 Å². The molecular formula is C22H34N4O2. The predicted octanol–water partition coefficient (Wildman–Crippen LogP) is 1.11. The maximum atomic E-state index is 12.7. The SMILES string of the molecule is CCc1cc(CCC(=O)N2CCN(C3CCNCC3)CC2)ccc1CC(N)=O. The van der Waals surface area contributed by atoms with Crippen LogP contribution in [0.5, 0.6) is 0 Å². The molecule has 2 aliphatic heterocycles. The zero-order valence-electron chi connectivity index (χ0n) is 17.1. The van der Waals surface area contributed by atoms with Crippen LogP contribution >= 0.6 is 0 Å². The van der Waals surface area contributed by atoms with Gasteiger partial charge < -0.3 is 16.0 Å². The van der Waals surface area contributed by atoms with E-state index >= 15 is 0 Å². The van der Waals surface area contributed by atoms with E-state index in [0.29, 0.717) is 12.5 Å². The Morgan fingerprint density at radius 3 is 2.46 bits per heavy atom. The Hall–Kier alpha value is -1.92. The number of rotatable bonds is 7. The second-order valence-electron chi connectivity index (χ2n) is 8.00. The number of nitrogens with zero attached hydrogens (tertiary/aromatic N) is 2. The third kappa shape index (κ3) is 5.55. The summed E-state index contributed by atoms with van der Waals surface area (Å²) in [5.74, 6) is -0.0505. The van der Waals surface area contributed by atoms with Crippen molar-refractivity contribution in [2.24, 2.45) is 5.73 Å². The number of primary amides is 1. The molecule has 0 bridgehead atoms. The molecule has 0 aromatic heterocycles. The highest BCUT2D eigenvalue weighted by Crippen LogP contribution is 2.17. The molecule has 2 heterocycles. The minimum absolute atomic E-state index is 0.254. The summed E-state index contributed by atoms with van der Waals surface area (Å²) in [5.41, 5.74) is 8.64. The Morgan fingerprint density at radius 1 is 1.11 bits per heavy atom. The van der Waals surface area contributed by atoms with Gasteiger partial charge in [-0.2, -0.15) is 0 Å². The van der Waals surface area contributed by atoms with Crippen molar-refractivity contribution in [3.05, 3.63) is 34.9 Å². The van der Waals surface area contributed by atoms with Crippen LogP contribution in [-0.4, -0.2) is 66.9 Å². The fourth-order valence-corrected chi connectivity index (χ4v) is 4.44. The smallest absolute Gasteiger partial charge is 0.222 e. The first-order valence-corrected chi connectivity index (χ1v) is 10.7. The summed E-state index contributed by atoms with van der Waals surface area (Å²) in [5, 5.41) is 3.42. The quantitative estimate of drug-likeness (QED) is 0.736. The molecule has 3 N–H and O–H groups in total. The highest BCUT2D eigenvalue weighted by Gasteiger charge is 2.26. The zero-order valence-corrected chi connectivity index (χ0v) is 17.1. The van der Waals surface area contributed by atoms with Crippen LogP contribution in [0.2, 0.25) is 0 Å². The number of carbonyl (C=O) groups is 2. The lowest BCUT2D eigenvalue weighted by molar-refractivity contribution is -0.133. The predicted molar refractivity (Wildman–Crippen MR) is 111 cm³/mol. The molecule has 6 heteroatoms. The molecule has 0 saturated carbocycles. The van der Waals surface area contributed by atoms with Gasteiger partial charge in [0.15, 0.2) is 0 Å². The van der Waals surface area contributed by atoms with Crippen molar-refractivity contribution in [1.82, 2.24) is 15.1 Å². The first-order chi connectivity index (χ1) is 13.6. The second kappa shape index (κ2) is 10.0. The molecule has 2 saturated heterocycles. The van der Waals surface area contributed by atoms with Gasteiger partial charge in [-0.05, 0) is 55.5 Å². The lowest BCUT2D eigenvalue weighted by Gasteiger charge is -2.41. The van der Waals surface area contributed by atoms with E-state index in [4.69, 9.17) is 5.73 Å².